The molecule has 0 saturated heterocycles. The zero-order chi connectivity index (χ0) is 16.2. The molecule has 6 nitrogen and oxygen atoms in total. The maximum absolute atomic E-state index is 12.6. The van der Waals surface area contributed by atoms with Gasteiger partial charge >= 0.3 is 0 Å². The molecule has 122 valence electrons. The van der Waals surface area contributed by atoms with Gasteiger partial charge in [-0.1, -0.05) is 18.9 Å². The first-order valence-electron chi connectivity index (χ1n) is 8.04. The van der Waals surface area contributed by atoms with E-state index in [1.54, 1.807) is 29.0 Å². The van der Waals surface area contributed by atoms with Crippen molar-refractivity contribution >= 4 is 5.91 Å². The second-order valence-corrected chi connectivity index (χ2v) is 6.19. The largest absolute Gasteiger partial charge is 0.393 e. The van der Waals surface area contributed by atoms with E-state index in [-0.39, 0.29) is 17.9 Å². The molecular weight excluding hydrogens is 292 g/mol. The van der Waals surface area contributed by atoms with E-state index < -0.39 is 0 Å². The van der Waals surface area contributed by atoms with Crippen LogP contribution in [0.3, 0.4) is 0 Å². The summed E-state index contributed by atoms with van der Waals surface area (Å²) in [7, 11) is 1.80. The van der Waals surface area contributed by atoms with E-state index in [1.165, 1.54) is 6.33 Å². The first-order valence-corrected chi connectivity index (χ1v) is 8.04. The Morgan fingerprint density at radius 1 is 1.39 bits per heavy atom. The van der Waals surface area contributed by atoms with E-state index in [9.17, 15) is 9.90 Å². The summed E-state index contributed by atoms with van der Waals surface area (Å²) in [5.41, 5.74) is 1.42. The zero-order valence-corrected chi connectivity index (χ0v) is 13.3. The van der Waals surface area contributed by atoms with Gasteiger partial charge in [-0.2, -0.15) is 5.10 Å². The molecule has 2 atom stereocenters. The van der Waals surface area contributed by atoms with Crippen molar-refractivity contribution in [2.45, 2.75) is 31.8 Å². The summed E-state index contributed by atoms with van der Waals surface area (Å²) in [6.45, 7) is 0.591. The minimum atomic E-state index is -0.291. The Morgan fingerprint density at radius 2 is 2.22 bits per heavy atom. The Morgan fingerprint density at radius 3 is 2.96 bits per heavy atom. The van der Waals surface area contributed by atoms with Crippen molar-refractivity contribution in [3.05, 3.63) is 42.5 Å². The molecule has 1 N–H and O–H groups in total. The highest BCUT2D eigenvalue weighted by atomic mass is 16.3. The van der Waals surface area contributed by atoms with Gasteiger partial charge in [0.05, 0.1) is 11.8 Å². The van der Waals surface area contributed by atoms with Crippen molar-refractivity contribution in [3.8, 4) is 5.69 Å². The first kappa shape index (κ1) is 15.7. The van der Waals surface area contributed by atoms with E-state index in [1.807, 2.05) is 18.2 Å². The molecule has 3 rings (SSSR count). The van der Waals surface area contributed by atoms with E-state index in [4.69, 9.17) is 0 Å². The summed E-state index contributed by atoms with van der Waals surface area (Å²) < 4.78 is 1.63. The molecule has 1 heterocycles. The minimum Gasteiger partial charge on any atom is -0.393 e. The lowest BCUT2D eigenvalue weighted by atomic mass is 9.86. The number of carbonyl (C=O) groups is 1. The number of aliphatic hydroxyl groups is 1. The zero-order valence-electron chi connectivity index (χ0n) is 13.3. The fourth-order valence-corrected chi connectivity index (χ4v) is 3.18. The second kappa shape index (κ2) is 6.91. The Labute approximate surface area is 135 Å². The van der Waals surface area contributed by atoms with Crippen molar-refractivity contribution in [2.24, 2.45) is 5.92 Å². The second-order valence-electron chi connectivity index (χ2n) is 6.19. The molecule has 0 aliphatic heterocycles. The van der Waals surface area contributed by atoms with Crippen LogP contribution in [0.15, 0.2) is 36.9 Å². The van der Waals surface area contributed by atoms with Crippen molar-refractivity contribution in [1.82, 2.24) is 19.7 Å². The van der Waals surface area contributed by atoms with E-state index >= 15 is 0 Å². The third kappa shape index (κ3) is 3.59. The number of carbonyl (C=O) groups excluding carboxylic acids is 1. The van der Waals surface area contributed by atoms with Gasteiger partial charge in [-0.15, -0.1) is 0 Å². The SMILES string of the molecule is CN(CC1CCCCC1O)C(=O)c1cccc(-n2cncn2)c1. The molecule has 6 heteroatoms. The molecule has 2 unspecified atom stereocenters. The summed E-state index contributed by atoms with van der Waals surface area (Å²) in [4.78, 5) is 18.3. The average molecular weight is 314 g/mol. The molecule has 1 aromatic carbocycles. The normalized spacial score (nSPS) is 21.1. The third-order valence-corrected chi connectivity index (χ3v) is 4.50. The highest BCUT2D eigenvalue weighted by Crippen LogP contribution is 2.25. The predicted octanol–water partition coefficient (Wildman–Crippen LogP) is 1.89. The standard InChI is InChI=1S/C17H22N4O2/c1-20(10-14-5-2-3-8-16(14)22)17(23)13-6-4-7-15(9-13)21-12-18-11-19-21/h4,6-7,9,11-12,14,16,22H,2-3,5,8,10H2,1H3. The Hall–Kier alpha value is -2.21. The minimum absolute atomic E-state index is 0.0373. The van der Waals surface area contributed by atoms with Gasteiger partial charge in [0.15, 0.2) is 0 Å². The summed E-state index contributed by atoms with van der Waals surface area (Å²) in [6, 6.07) is 7.34. The van der Waals surface area contributed by atoms with Gasteiger partial charge in [0, 0.05) is 25.1 Å². The topological polar surface area (TPSA) is 71.2 Å². The van der Waals surface area contributed by atoms with Crippen LogP contribution < -0.4 is 0 Å². The Bertz CT molecular complexity index is 656. The van der Waals surface area contributed by atoms with Gasteiger partial charge in [-0.25, -0.2) is 9.67 Å². The number of nitrogens with zero attached hydrogens (tertiary/aromatic N) is 4. The molecule has 0 radical (unpaired) electrons. The molecule has 2 aromatic rings. The predicted molar refractivity (Wildman–Crippen MR) is 86.3 cm³/mol. The molecule has 1 saturated carbocycles. The number of hydrogen-bond acceptors (Lipinski definition) is 4. The van der Waals surface area contributed by atoms with Crippen LogP contribution in [0.5, 0.6) is 0 Å². The number of hydrogen-bond donors (Lipinski definition) is 1. The molecule has 1 aliphatic rings. The quantitative estimate of drug-likeness (QED) is 0.935. The molecule has 0 spiro atoms. The molecular formula is C17H22N4O2. The van der Waals surface area contributed by atoms with Crippen molar-refractivity contribution < 1.29 is 9.90 Å². The van der Waals surface area contributed by atoms with Crippen LogP contribution in [-0.2, 0) is 0 Å². The maximum atomic E-state index is 12.6. The Kier molecular flexibility index (Phi) is 4.71. The lowest BCUT2D eigenvalue weighted by Gasteiger charge is -2.31. The summed E-state index contributed by atoms with van der Waals surface area (Å²) in [5.74, 6) is 0.140. The number of benzene rings is 1. The first-order chi connectivity index (χ1) is 11.1. The monoisotopic (exact) mass is 314 g/mol. The van der Waals surface area contributed by atoms with E-state index in [0.29, 0.717) is 12.1 Å². The molecule has 1 amide bonds. The van der Waals surface area contributed by atoms with Crippen LogP contribution in [0.25, 0.3) is 5.69 Å². The fourth-order valence-electron chi connectivity index (χ4n) is 3.18. The van der Waals surface area contributed by atoms with Crippen molar-refractivity contribution in [3.63, 3.8) is 0 Å². The molecule has 0 bridgehead atoms. The van der Waals surface area contributed by atoms with Crippen LogP contribution in [0.2, 0.25) is 0 Å². The van der Waals surface area contributed by atoms with Crippen LogP contribution in [0.4, 0.5) is 0 Å². The smallest absolute Gasteiger partial charge is 0.253 e. The van der Waals surface area contributed by atoms with Crippen LogP contribution in [0.1, 0.15) is 36.0 Å². The third-order valence-electron chi connectivity index (χ3n) is 4.50. The van der Waals surface area contributed by atoms with Crippen LogP contribution in [-0.4, -0.2) is 50.4 Å². The van der Waals surface area contributed by atoms with Gasteiger partial charge in [0.2, 0.25) is 0 Å². The molecule has 1 aliphatic carbocycles. The van der Waals surface area contributed by atoms with E-state index in [0.717, 1.165) is 31.4 Å². The number of amides is 1. The van der Waals surface area contributed by atoms with Gasteiger partial charge in [-0.3, -0.25) is 4.79 Å². The fraction of sp³-hybridized carbons (Fsp3) is 0.471. The van der Waals surface area contributed by atoms with Crippen LogP contribution >= 0.6 is 0 Å². The lowest BCUT2D eigenvalue weighted by molar-refractivity contribution is 0.0451. The maximum Gasteiger partial charge on any atom is 0.253 e. The van der Waals surface area contributed by atoms with Gasteiger partial charge in [0.1, 0.15) is 12.7 Å². The number of rotatable bonds is 4. The highest BCUT2D eigenvalue weighted by molar-refractivity contribution is 5.94. The lowest BCUT2D eigenvalue weighted by Crippen LogP contribution is -2.38. The van der Waals surface area contributed by atoms with Gasteiger partial charge < -0.3 is 10.0 Å². The van der Waals surface area contributed by atoms with Gasteiger partial charge in [0.25, 0.3) is 5.91 Å². The van der Waals surface area contributed by atoms with E-state index in [2.05, 4.69) is 10.1 Å². The Balaban J connectivity index is 1.71. The van der Waals surface area contributed by atoms with Crippen molar-refractivity contribution in [2.75, 3.05) is 13.6 Å². The van der Waals surface area contributed by atoms with Crippen LogP contribution in [0, 0.1) is 5.92 Å². The number of aliphatic hydroxyl groups excluding tert-OH is 1. The summed E-state index contributed by atoms with van der Waals surface area (Å²) in [5, 5.41) is 14.2. The molecule has 1 fully saturated rings. The summed E-state index contributed by atoms with van der Waals surface area (Å²) in [6.07, 6.45) is 6.81. The van der Waals surface area contributed by atoms with Crippen molar-refractivity contribution in [1.29, 1.82) is 0 Å². The number of aromatic nitrogens is 3. The highest BCUT2D eigenvalue weighted by Gasteiger charge is 2.26. The van der Waals surface area contributed by atoms with Gasteiger partial charge in [-0.05, 0) is 31.0 Å². The molecule has 23 heavy (non-hydrogen) atoms. The molecule has 1 aromatic heterocycles. The average Bonchev–Trinajstić information content (AvgIpc) is 3.11. The summed E-state index contributed by atoms with van der Waals surface area (Å²) >= 11 is 0.